The number of hydrogen-bond donors (Lipinski definition) is 10. The smallest absolute Gasteiger partial charge is 0.323 e. The van der Waals surface area contributed by atoms with Crippen molar-refractivity contribution in [2.75, 3.05) is 60.1 Å². The number of carbonyl (C=O) groups excluding carboxylic acids is 1. The average molecular weight is 1630 g/mol. The number of anilines is 2. The molecule has 106 heavy (non-hydrogen) atoms. The summed E-state index contributed by atoms with van der Waals surface area (Å²) in [5, 5.41) is 38.5. The zero-order valence-electron chi connectivity index (χ0n) is 54.5. The third kappa shape index (κ3) is 24.8. The molecule has 568 valence electrons. The lowest BCUT2D eigenvalue weighted by Crippen LogP contribution is -2.21. The van der Waals surface area contributed by atoms with Gasteiger partial charge in [-0.05, 0) is 146 Å². The summed E-state index contributed by atoms with van der Waals surface area (Å²) in [6.45, 7) is 1.61. The second-order valence-corrected chi connectivity index (χ2v) is 34.4. The van der Waals surface area contributed by atoms with E-state index >= 15 is 0 Å². The van der Waals surface area contributed by atoms with Crippen molar-refractivity contribution in [2.24, 2.45) is 40.9 Å². The van der Waals surface area contributed by atoms with Crippen LogP contribution in [-0.2, 0) is 80.9 Å². The van der Waals surface area contributed by atoms with Crippen LogP contribution in [0.5, 0.6) is 23.0 Å². The number of ether oxygens (including phenoxy) is 4. The van der Waals surface area contributed by atoms with E-state index in [9.17, 15) is 109 Å². The van der Waals surface area contributed by atoms with Crippen LogP contribution in [0.3, 0.4) is 0 Å². The molecule has 2 amide bonds. The average Bonchev–Trinajstić information content (AvgIpc) is 0.770. The van der Waals surface area contributed by atoms with E-state index in [0.717, 1.165) is 24.3 Å². The molecular weight excluding hydrogens is 1570 g/mol. The standard InChI is InChI=1S/C59H60N10O29S8/c1-35-23-51(55(97-17-5-21-101(77,78)79)33-49(35)68-66-47-13-11-41(29-53(47)95-15-3-19-99(71,72)73)64-62-39-9-7-37-25-43(103(83,84)85)31-57(45(37)27-39)105(89,90)91)60-59(70)61-52-24-36(2)50(34-56(52)98-18-6-22-102(80,81)82)69-67-48-14-12-42(30-54(48)96-16-4-20-100(74,75)76)65-63-40-10-8-38-26-44(104(86,87)88)32-58(46(38)28-40)106(92,93)94/h7-14,23-34H,3-6,15-22H2,1-2H3,(H2,60,61,70)(H,71,72,73)(H,74,75,76)(H,77,78,79)(H,80,81,82)(H,83,84,85)(H,86,87,88)(H,89,90,91)(H,92,93,94). The fourth-order valence-corrected chi connectivity index (χ4v) is 14.0. The topological polar surface area (TPSA) is 612 Å². The molecule has 0 radical (unpaired) electrons. The highest BCUT2D eigenvalue weighted by Crippen LogP contribution is 2.42. The van der Waals surface area contributed by atoms with E-state index in [2.05, 4.69) is 51.5 Å². The molecule has 0 bridgehead atoms. The molecule has 0 aliphatic carbocycles. The lowest BCUT2D eigenvalue weighted by atomic mass is 10.1. The van der Waals surface area contributed by atoms with Crippen LogP contribution in [0.15, 0.2) is 182 Å². The van der Waals surface area contributed by atoms with E-state index in [4.69, 9.17) is 18.9 Å². The van der Waals surface area contributed by atoms with Crippen molar-refractivity contribution in [1.29, 1.82) is 0 Å². The molecule has 0 aromatic heterocycles. The van der Waals surface area contributed by atoms with Crippen LogP contribution >= 0.6 is 0 Å². The van der Waals surface area contributed by atoms with Gasteiger partial charge in [-0.1, -0.05) is 12.1 Å². The lowest BCUT2D eigenvalue weighted by molar-refractivity contribution is 0.261. The Morgan fingerprint density at radius 3 is 0.925 bits per heavy atom. The maximum absolute atomic E-state index is 14.1. The highest BCUT2D eigenvalue weighted by Gasteiger charge is 2.24. The number of fused-ring (bicyclic) bond motifs is 2. The Kier molecular flexibility index (Phi) is 25.9. The lowest BCUT2D eigenvalue weighted by Gasteiger charge is -2.17. The van der Waals surface area contributed by atoms with Gasteiger partial charge in [0, 0.05) is 35.0 Å². The number of benzene rings is 8. The largest absolute Gasteiger partial charge is 0.491 e. The number of hydrogen-bond acceptors (Lipinski definition) is 29. The molecule has 39 nitrogen and oxygen atoms in total. The molecule has 47 heteroatoms. The van der Waals surface area contributed by atoms with Crippen LogP contribution in [0.1, 0.15) is 36.8 Å². The Labute approximate surface area is 604 Å². The number of carbonyl (C=O) groups is 1. The van der Waals surface area contributed by atoms with E-state index < -0.39 is 130 Å². The van der Waals surface area contributed by atoms with E-state index in [1.807, 2.05) is 0 Å². The van der Waals surface area contributed by atoms with Gasteiger partial charge in [-0.15, -0.1) is 10.2 Å². The number of rotatable bonds is 34. The highest BCUT2D eigenvalue weighted by atomic mass is 32.2. The number of aryl methyl sites for hydroxylation is 2. The SMILES string of the molecule is Cc1cc(NC(=O)Nc2cc(C)c(N=Nc3ccc(N=Nc4ccc5cc(S(=O)(=O)O)cc(S(=O)(=O)O)c5c4)cc3OCCCS(=O)(=O)O)cc2OCCCS(=O)(=O)O)c(OCCCS(=O)(=O)O)cc1N=Nc1ccc(N=Nc2ccc3cc(S(=O)(=O)O)cc(S(=O)(=O)O)c3c2)cc1OCCCS(=O)(=O)O. The van der Waals surface area contributed by atoms with Crippen LogP contribution in [0, 0.1) is 13.8 Å². The predicted molar refractivity (Wildman–Crippen MR) is 378 cm³/mol. The molecule has 0 aliphatic rings. The molecule has 0 atom stereocenters. The molecule has 8 aromatic carbocycles. The van der Waals surface area contributed by atoms with Gasteiger partial charge in [0.1, 0.15) is 44.2 Å². The van der Waals surface area contributed by atoms with E-state index in [1.165, 1.54) is 98.8 Å². The van der Waals surface area contributed by atoms with Crippen LogP contribution in [0.25, 0.3) is 21.5 Å². The van der Waals surface area contributed by atoms with Crippen LogP contribution < -0.4 is 29.6 Å². The van der Waals surface area contributed by atoms with Gasteiger partial charge >= 0.3 is 6.03 Å². The van der Waals surface area contributed by atoms with Gasteiger partial charge in [-0.3, -0.25) is 36.4 Å². The second kappa shape index (κ2) is 33.5. The summed E-state index contributed by atoms with van der Waals surface area (Å²) in [4.78, 5) is 10.7. The molecular formula is C59H60N10O29S8. The Morgan fingerprint density at radius 2 is 0.623 bits per heavy atom. The van der Waals surface area contributed by atoms with Crippen LogP contribution in [0.2, 0.25) is 0 Å². The van der Waals surface area contributed by atoms with Gasteiger partial charge in [0.25, 0.3) is 80.9 Å². The molecule has 8 aromatic rings. The molecule has 0 aliphatic heterocycles. The first-order valence-electron chi connectivity index (χ1n) is 29.9. The summed E-state index contributed by atoms with van der Waals surface area (Å²) in [5.74, 6) is -3.43. The van der Waals surface area contributed by atoms with Crippen molar-refractivity contribution < 1.29 is 128 Å². The normalized spacial score (nSPS) is 13.0. The molecule has 0 saturated carbocycles. The van der Waals surface area contributed by atoms with Gasteiger partial charge in [-0.25, -0.2) is 4.79 Å². The van der Waals surface area contributed by atoms with Crippen molar-refractivity contribution in [3.05, 3.63) is 132 Å². The van der Waals surface area contributed by atoms with Crippen molar-refractivity contribution in [1.82, 2.24) is 0 Å². The first-order valence-corrected chi connectivity index (χ1v) is 42.1. The van der Waals surface area contributed by atoms with Gasteiger partial charge in [0.05, 0.1) is 105 Å². The summed E-state index contributed by atoms with van der Waals surface area (Å²) >= 11 is 0. The van der Waals surface area contributed by atoms with Crippen LogP contribution in [0.4, 0.5) is 61.7 Å². The van der Waals surface area contributed by atoms with Crippen molar-refractivity contribution in [2.45, 2.75) is 59.1 Å². The predicted octanol–water partition coefficient (Wildman–Crippen LogP) is 11.5. The summed E-state index contributed by atoms with van der Waals surface area (Å²) in [6.07, 6.45) is -1.02. The third-order valence-corrected chi connectivity index (χ3v) is 20.9. The first kappa shape index (κ1) is 82.1. The van der Waals surface area contributed by atoms with Gasteiger partial charge in [0.15, 0.2) is 0 Å². The van der Waals surface area contributed by atoms with E-state index in [1.54, 1.807) is 0 Å². The maximum atomic E-state index is 14.1. The van der Waals surface area contributed by atoms with Crippen molar-refractivity contribution in [3.63, 3.8) is 0 Å². The Morgan fingerprint density at radius 1 is 0.330 bits per heavy atom. The van der Waals surface area contributed by atoms with Gasteiger partial charge in [0.2, 0.25) is 0 Å². The minimum absolute atomic E-state index is 0.0265. The summed E-state index contributed by atoms with van der Waals surface area (Å²) in [6, 6.07) is 22.7. The molecule has 0 unspecified atom stereocenters. The second-order valence-electron chi connectivity index (χ2n) is 22.5. The molecule has 0 saturated heterocycles. The number of azo groups is 4. The minimum Gasteiger partial charge on any atom is -0.491 e. The minimum atomic E-state index is -5.07. The van der Waals surface area contributed by atoms with E-state index in [0.29, 0.717) is 12.1 Å². The van der Waals surface area contributed by atoms with Crippen molar-refractivity contribution >= 4 is 165 Å². The van der Waals surface area contributed by atoms with Gasteiger partial charge < -0.3 is 29.6 Å². The number of nitrogens with one attached hydrogen (secondary N) is 2. The summed E-state index contributed by atoms with van der Waals surface area (Å²) in [5.41, 5.74) is 0.462. The summed E-state index contributed by atoms with van der Waals surface area (Å²) in [7, 11) is -37.8. The van der Waals surface area contributed by atoms with E-state index in [-0.39, 0.29) is 165 Å². The molecule has 10 N–H and O–H groups in total. The fraction of sp³-hybridized carbons (Fsp3) is 0.237. The van der Waals surface area contributed by atoms with Gasteiger partial charge in [-0.2, -0.15) is 98.0 Å². The highest BCUT2D eigenvalue weighted by molar-refractivity contribution is 7.88. The number of amides is 2. The molecule has 0 heterocycles. The van der Waals surface area contributed by atoms with Crippen LogP contribution in [-0.4, -0.2) is 159 Å². The molecule has 0 spiro atoms. The maximum Gasteiger partial charge on any atom is 0.323 e. The number of nitrogens with zero attached hydrogens (tertiary/aromatic N) is 8. The Hall–Kier alpha value is -9.57. The zero-order chi connectivity index (χ0) is 78.0. The summed E-state index contributed by atoms with van der Waals surface area (Å²) < 4.78 is 289. The zero-order valence-corrected chi connectivity index (χ0v) is 61.1. The number of urea groups is 1. The first-order chi connectivity index (χ1) is 49.2. The fourth-order valence-electron chi connectivity index (χ4n) is 9.37. The third-order valence-electron chi connectivity index (χ3n) is 14.2. The van der Waals surface area contributed by atoms with Crippen molar-refractivity contribution in [3.8, 4) is 23.0 Å². The molecule has 8 rings (SSSR count). The quantitative estimate of drug-likeness (QED) is 0.0102. The molecule has 0 fully saturated rings. The monoisotopic (exact) mass is 1630 g/mol. The Balaban J connectivity index is 1.08. The Bertz CT molecular complexity index is 5520.